The predicted octanol–water partition coefficient (Wildman–Crippen LogP) is 2.85. The molecule has 0 saturated heterocycles. The fraction of sp³-hybridized carbons (Fsp3) is 0.600. The van der Waals surface area contributed by atoms with Crippen molar-refractivity contribution < 1.29 is 8.42 Å². The quantitative estimate of drug-likeness (QED) is 0.909. The number of aryl methyl sites for hydroxylation is 1. The van der Waals surface area contributed by atoms with Crippen molar-refractivity contribution in [3.05, 3.63) is 23.8 Å². The van der Waals surface area contributed by atoms with Crippen molar-refractivity contribution in [2.45, 2.75) is 50.5 Å². The van der Waals surface area contributed by atoms with Gasteiger partial charge >= 0.3 is 0 Å². The molecule has 0 amide bonds. The van der Waals surface area contributed by atoms with Gasteiger partial charge in [-0.2, -0.15) is 4.31 Å². The zero-order valence-electron chi connectivity index (χ0n) is 12.5. The largest absolute Gasteiger partial charge is 0.385 e. The third-order valence-corrected chi connectivity index (χ3v) is 5.99. The number of hydrogen-bond acceptors (Lipinski definition) is 3. The Bertz CT molecular complexity index is 569. The van der Waals surface area contributed by atoms with Crippen LogP contribution < -0.4 is 5.32 Å². The van der Waals surface area contributed by atoms with Crippen LogP contribution in [0.5, 0.6) is 0 Å². The van der Waals surface area contributed by atoms with Gasteiger partial charge in [0.25, 0.3) is 0 Å². The van der Waals surface area contributed by atoms with Gasteiger partial charge in [0.15, 0.2) is 0 Å². The number of anilines is 1. The number of benzene rings is 1. The predicted molar refractivity (Wildman–Crippen MR) is 82.6 cm³/mol. The highest BCUT2D eigenvalue weighted by Crippen LogP contribution is 2.27. The summed E-state index contributed by atoms with van der Waals surface area (Å²) in [4.78, 5) is 0.408. The van der Waals surface area contributed by atoms with Gasteiger partial charge in [-0.1, -0.05) is 13.3 Å². The molecule has 0 fully saturated rings. The zero-order chi connectivity index (χ0) is 14.8. The second kappa shape index (κ2) is 6.14. The van der Waals surface area contributed by atoms with Crippen molar-refractivity contribution >= 4 is 15.7 Å². The summed E-state index contributed by atoms with van der Waals surface area (Å²) in [5, 5.41) is 3.31. The molecule has 112 valence electrons. The first-order valence-corrected chi connectivity index (χ1v) is 8.75. The molecule has 1 aromatic rings. The smallest absolute Gasteiger partial charge is 0.243 e. The monoisotopic (exact) mass is 296 g/mol. The molecule has 0 spiro atoms. The number of nitrogens with one attached hydrogen (secondary N) is 1. The molecule has 1 aliphatic rings. The highest BCUT2D eigenvalue weighted by molar-refractivity contribution is 7.89. The number of fused-ring (bicyclic) bond motifs is 1. The normalized spacial score (nSPS) is 16.6. The first-order chi connectivity index (χ1) is 9.46. The van der Waals surface area contributed by atoms with E-state index < -0.39 is 10.0 Å². The molecular formula is C15H24N2O2S. The number of rotatable bonds is 5. The van der Waals surface area contributed by atoms with E-state index in [0.717, 1.165) is 43.5 Å². The van der Waals surface area contributed by atoms with E-state index in [1.165, 1.54) is 4.31 Å². The SMILES string of the molecule is CCCC(C)N(C)S(=O)(=O)c1ccc2c(c1)CCCN2. The van der Waals surface area contributed by atoms with Gasteiger partial charge in [-0.3, -0.25) is 0 Å². The Hall–Kier alpha value is -1.07. The topological polar surface area (TPSA) is 49.4 Å². The minimum Gasteiger partial charge on any atom is -0.385 e. The van der Waals surface area contributed by atoms with E-state index in [9.17, 15) is 8.42 Å². The molecule has 1 aromatic carbocycles. The van der Waals surface area contributed by atoms with Gasteiger partial charge in [0.2, 0.25) is 10.0 Å². The van der Waals surface area contributed by atoms with Crippen molar-refractivity contribution in [2.24, 2.45) is 0 Å². The van der Waals surface area contributed by atoms with Crippen LogP contribution in [-0.2, 0) is 16.4 Å². The van der Waals surface area contributed by atoms with E-state index >= 15 is 0 Å². The summed E-state index contributed by atoms with van der Waals surface area (Å²) in [5.74, 6) is 0. The third kappa shape index (κ3) is 2.99. The van der Waals surface area contributed by atoms with Crippen LogP contribution in [-0.4, -0.2) is 32.4 Å². The average molecular weight is 296 g/mol. The fourth-order valence-corrected chi connectivity index (χ4v) is 4.06. The summed E-state index contributed by atoms with van der Waals surface area (Å²) in [6.07, 6.45) is 3.86. The Kier molecular flexibility index (Phi) is 4.70. The van der Waals surface area contributed by atoms with E-state index in [1.54, 1.807) is 13.1 Å². The van der Waals surface area contributed by atoms with Crippen molar-refractivity contribution in [2.75, 3.05) is 18.9 Å². The molecule has 1 N–H and O–H groups in total. The molecule has 0 aromatic heterocycles. The Morgan fingerprint density at radius 2 is 2.15 bits per heavy atom. The maximum atomic E-state index is 12.6. The Morgan fingerprint density at radius 1 is 1.40 bits per heavy atom. The third-order valence-electron chi connectivity index (χ3n) is 4.02. The number of hydrogen-bond donors (Lipinski definition) is 1. The lowest BCUT2D eigenvalue weighted by molar-refractivity contribution is 0.368. The first kappa shape index (κ1) is 15.3. The van der Waals surface area contributed by atoms with Gasteiger partial charge in [-0.25, -0.2) is 8.42 Å². The van der Waals surface area contributed by atoms with Gasteiger partial charge in [-0.05, 0) is 49.9 Å². The Balaban J connectivity index is 2.29. The molecule has 1 aliphatic heterocycles. The molecule has 0 radical (unpaired) electrons. The summed E-state index contributed by atoms with van der Waals surface area (Å²) in [6.45, 7) is 5.00. The zero-order valence-corrected chi connectivity index (χ0v) is 13.3. The van der Waals surface area contributed by atoms with Crippen LogP contribution in [0.3, 0.4) is 0 Å². The van der Waals surface area contributed by atoms with E-state index in [2.05, 4.69) is 12.2 Å². The molecule has 2 rings (SSSR count). The summed E-state index contributed by atoms with van der Waals surface area (Å²) in [6, 6.07) is 5.45. The average Bonchev–Trinajstić information content (AvgIpc) is 2.46. The van der Waals surface area contributed by atoms with Gasteiger partial charge in [0.1, 0.15) is 0 Å². The highest BCUT2D eigenvalue weighted by Gasteiger charge is 2.25. The molecule has 0 bridgehead atoms. The number of sulfonamides is 1. The molecule has 5 heteroatoms. The Labute approximate surface area is 122 Å². The molecule has 4 nitrogen and oxygen atoms in total. The van der Waals surface area contributed by atoms with Gasteiger partial charge in [-0.15, -0.1) is 0 Å². The standard InChI is InChI=1S/C15H24N2O2S/c1-4-6-12(2)17(3)20(18,19)14-8-9-15-13(11-14)7-5-10-16-15/h8-9,11-12,16H,4-7,10H2,1-3H3. The van der Waals surface area contributed by atoms with E-state index in [-0.39, 0.29) is 6.04 Å². The highest BCUT2D eigenvalue weighted by atomic mass is 32.2. The first-order valence-electron chi connectivity index (χ1n) is 7.31. The lowest BCUT2D eigenvalue weighted by atomic mass is 10.0. The van der Waals surface area contributed by atoms with Crippen LogP contribution >= 0.6 is 0 Å². The molecule has 1 heterocycles. The second-order valence-corrected chi connectivity index (χ2v) is 7.51. The summed E-state index contributed by atoms with van der Waals surface area (Å²) in [5.41, 5.74) is 2.17. The second-order valence-electron chi connectivity index (χ2n) is 5.51. The van der Waals surface area contributed by atoms with Crippen LogP contribution in [0.4, 0.5) is 5.69 Å². The van der Waals surface area contributed by atoms with Crippen molar-refractivity contribution in [1.82, 2.24) is 4.31 Å². The van der Waals surface area contributed by atoms with Crippen LogP contribution in [0.15, 0.2) is 23.1 Å². The molecular weight excluding hydrogens is 272 g/mol. The van der Waals surface area contributed by atoms with E-state index in [0.29, 0.717) is 4.90 Å². The van der Waals surface area contributed by atoms with Gasteiger partial charge < -0.3 is 5.32 Å². The molecule has 0 aliphatic carbocycles. The number of nitrogens with zero attached hydrogens (tertiary/aromatic N) is 1. The summed E-state index contributed by atoms with van der Waals surface area (Å²) in [7, 11) is -1.71. The molecule has 1 atom stereocenters. The van der Waals surface area contributed by atoms with Gasteiger partial charge in [0, 0.05) is 25.3 Å². The maximum absolute atomic E-state index is 12.6. The van der Waals surface area contributed by atoms with Gasteiger partial charge in [0.05, 0.1) is 4.90 Å². The van der Waals surface area contributed by atoms with E-state index in [4.69, 9.17) is 0 Å². The van der Waals surface area contributed by atoms with Crippen LogP contribution in [0.25, 0.3) is 0 Å². The summed E-state index contributed by atoms with van der Waals surface area (Å²) < 4.78 is 26.8. The lowest BCUT2D eigenvalue weighted by Gasteiger charge is -2.25. The van der Waals surface area contributed by atoms with Crippen LogP contribution in [0.1, 0.15) is 38.7 Å². The molecule has 0 saturated carbocycles. The van der Waals surface area contributed by atoms with E-state index in [1.807, 2.05) is 19.1 Å². The minimum absolute atomic E-state index is 0.0270. The van der Waals surface area contributed by atoms with Crippen molar-refractivity contribution in [1.29, 1.82) is 0 Å². The fourth-order valence-electron chi connectivity index (χ4n) is 2.61. The van der Waals surface area contributed by atoms with Crippen molar-refractivity contribution in [3.8, 4) is 0 Å². The minimum atomic E-state index is -3.39. The van der Waals surface area contributed by atoms with Crippen LogP contribution in [0.2, 0.25) is 0 Å². The van der Waals surface area contributed by atoms with Crippen molar-refractivity contribution in [3.63, 3.8) is 0 Å². The Morgan fingerprint density at radius 3 is 2.85 bits per heavy atom. The lowest BCUT2D eigenvalue weighted by Crippen LogP contribution is -2.35. The molecule has 1 unspecified atom stereocenters. The van der Waals surface area contributed by atoms with Crippen LogP contribution in [0, 0.1) is 0 Å². The summed E-state index contributed by atoms with van der Waals surface area (Å²) >= 11 is 0. The maximum Gasteiger partial charge on any atom is 0.243 e. The molecule has 20 heavy (non-hydrogen) atoms.